The minimum atomic E-state index is -4.49. The molecule has 178 valence electrons. The van der Waals surface area contributed by atoms with Crippen molar-refractivity contribution < 1.29 is 17.2 Å². The van der Waals surface area contributed by atoms with Crippen molar-refractivity contribution in [1.29, 1.82) is 0 Å². The van der Waals surface area contributed by atoms with Crippen LogP contribution in [0.3, 0.4) is 0 Å². The van der Waals surface area contributed by atoms with Crippen LogP contribution in [0.25, 0.3) is 33.1 Å². The maximum Gasteiger partial charge on any atom is 0.274 e. The minimum absolute atomic E-state index is 0.306. The van der Waals surface area contributed by atoms with E-state index >= 15 is 0 Å². The fourth-order valence-electron chi connectivity index (χ4n) is 5.11. The van der Waals surface area contributed by atoms with E-state index in [1.807, 2.05) is 12.3 Å². The maximum absolute atomic E-state index is 14.3. The molecule has 35 heavy (non-hydrogen) atoms. The van der Waals surface area contributed by atoms with Crippen molar-refractivity contribution in [3.8, 4) is 11.1 Å². The van der Waals surface area contributed by atoms with Gasteiger partial charge in [-0.3, -0.25) is 0 Å². The lowest BCUT2D eigenvalue weighted by Crippen LogP contribution is -2.15. The number of nitrogens with zero attached hydrogens (tertiary/aromatic N) is 4. The molecule has 1 aliphatic rings. The Hall–Kier alpha value is -3.79. The Morgan fingerprint density at radius 1 is 1.00 bits per heavy atom. The minimum Gasteiger partial charge on any atom is -0.383 e. The summed E-state index contributed by atoms with van der Waals surface area (Å²) in [7, 11) is -4.49. The number of nitrogens with two attached hydrogens (primary N) is 1. The number of fused-ring (bicyclic) bond motifs is 2. The van der Waals surface area contributed by atoms with E-state index in [0.717, 1.165) is 70.0 Å². The van der Waals surface area contributed by atoms with Crippen LogP contribution in [0.4, 0.5) is 14.6 Å². The highest BCUT2D eigenvalue weighted by molar-refractivity contribution is 7.90. The van der Waals surface area contributed by atoms with Crippen molar-refractivity contribution in [2.24, 2.45) is 0 Å². The zero-order valence-corrected chi connectivity index (χ0v) is 19.3. The molecule has 2 N–H and O–H groups in total. The summed E-state index contributed by atoms with van der Waals surface area (Å²) in [6.07, 6.45) is 9.26. The lowest BCUT2D eigenvalue weighted by Gasteiger charge is -2.12. The van der Waals surface area contributed by atoms with E-state index in [1.165, 1.54) is 12.5 Å². The van der Waals surface area contributed by atoms with Crippen LogP contribution in [0.5, 0.6) is 0 Å². The molecule has 0 amide bonds. The molecular formula is C25H21F2N5O2S. The molecule has 0 atom stereocenters. The van der Waals surface area contributed by atoms with Crippen LogP contribution in [0.1, 0.15) is 31.7 Å². The van der Waals surface area contributed by atoms with Crippen LogP contribution < -0.4 is 5.73 Å². The third kappa shape index (κ3) is 3.31. The van der Waals surface area contributed by atoms with Crippen molar-refractivity contribution in [1.82, 2.24) is 18.5 Å². The van der Waals surface area contributed by atoms with E-state index in [1.54, 1.807) is 18.2 Å². The highest BCUT2D eigenvalue weighted by Gasteiger charge is 2.27. The van der Waals surface area contributed by atoms with E-state index in [-0.39, 0.29) is 0 Å². The molecule has 6 rings (SSSR count). The highest BCUT2D eigenvalue weighted by atomic mass is 32.2. The van der Waals surface area contributed by atoms with E-state index in [9.17, 15) is 17.2 Å². The molecule has 1 fully saturated rings. The molecule has 5 aromatic rings. The first-order valence-electron chi connectivity index (χ1n) is 11.3. The zero-order valence-electron chi connectivity index (χ0n) is 18.5. The average Bonchev–Trinajstić information content (AvgIpc) is 3.57. The van der Waals surface area contributed by atoms with E-state index in [4.69, 9.17) is 5.73 Å². The lowest BCUT2D eigenvalue weighted by atomic mass is 10.0. The summed E-state index contributed by atoms with van der Waals surface area (Å²) in [5.74, 6) is -1.91. The topological polar surface area (TPSA) is 95.8 Å². The summed E-state index contributed by atoms with van der Waals surface area (Å²) in [6, 6.07) is 10.1. The molecule has 10 heteroatoms. The third-order valence-corrected chi connectivity index (χ3v) is 8.50. The smallest absolute Gasteiger partial charge is 0.274 e. The maximum atomic E-state index is 14.3. The molecule has 3 heterocycles. The van der Waals surface area contributed by atoms with Gasteiger partial charge in [0, 0.05) is 29.4 Å². The quantitative estimate of drug-likeness (QED) is 0.368. The summed E-state index contributed by atoms with van der Waals surface area (Å²) in [5, 5.41) is 1.35. The van der Waals surface area contributed by atoms with Gasteiger partial charge in [-0.05, 0) is 48.7 Å². The summed E-state index contributed by atoms with van der Waals surface area (Å²) < 4.78 is 57.9. The van der Waals surface area contributed by atoms with Gasteiger partial charge in [-0.25, -0.2) is 31.1 Å². The third-order valence-electron chi connectivity index (χ3n) is 6.76. The molecule has 0 saturated heterocycles. The van der Waals surface area contributed by atoms with Crippen LogP contribution in [0.2, 0.25) is 0 Å². The average molecular weight is 494 g/mol. The van der Waals surface area contributed by atoms with Crippen LogP contribution in [-0.4, -0.2) is 26.9 Å². The monoisotopic (exact) mass is 493 g/mol. The Balaban J connectivity index is 1.50. The normalized spacial score (nSPS) is 14.9. The van der Waals surface area contributed by atoms with Gasteiger partial charge >= 0.3 is 0 Å². The first kappa shape index (κ1) is 21.7. The number of hydrogen-bond donors (Lipinski definition) is 1. The van der Waals surface area contributed by atoms with Crippen molar-refractivity contribution in [2.75, 3.05) is 5.73 Å². The van der Waals surface area contributed by atoms with Gasteiger partial charge in [0.05, 0.1) is 10.9 Å². The van der Waals surface area contributed by atoms with Crippen molar-refractivity contribution in [2.45, 2.75) is 36.6 Å². The summed E-state index contributed by atoms with van der Waals surface area (Å²) in [4.78, 5) is 7.70. The van der Waals surface area contributed by atoms with Gasteiger partial charge in [0.15, 0.2) is 4.90 Å². The molecule has 0 aliphatic heterocycles. The van der Waals surface area contributed by atoms with Crippen LogP contribution in [0, 0.1) is 11.6 Å². The van der Waals surface area contributed by atoms with E-state index < -0.39 is 26.6 Å². The number of halogens is 2. The summed E-state index contributed by atoms with van der Waals surface area (Å²) in [6.45, 7) is 0. The molecule has 0 radical (unpaired) electrons. The van der Waals surface area contributed by atoms with Crippen LogP contribution in [-0.2, 0) is 10.0 Å². The van der Waals surface area contributed by atoms with Gasteiger partial charge in [0.2, 0.25) is 0 Å². The first-order chi connectivity index (χ1) is 16.9. The van der Waals surface area contributed by atoms with Gasteiger partial charge in [0.25, 0.3) is 10.0 Å². The predicted molar refractivity (Wildman–Crippen MR) is 129 cm³/mol. The number of hydrogen-bond acceptors (Lipinski definition) is 5. The number of nitrogen functional groups attached to an aromatic ring is 1. The Morgan fingerprint density at radius 3 is 2.49 bits per heavy atom. The van der Waals surface area contributed by atoms with Crippen molar-refractivity contribution >= 4 is 37.8 Å². The Labute approximate surface area is 199 Å². The second-order valence-corrected chi connectivity index (χ2v) is 10.5. The molecule has 7 nitrogen and oxygen atoms in total. The van der Waals surface area contributed by atoms with E-state index in [2.05, 4.69) is 14.5 Å². The van der Waals surface area contributed by atoms with Gasteiger partial charge < -0.3 is 10.3 Å². The zero-order chi connectivity index (χ0) is 24.3. The van der Waals surface area contributed by atoms with Crippen LogP contribution in [0.15, 0.2) is 66.1 Å². The number of anilines is 1. The molecule has 1 saturated carbocycles. The molecule has 0 bridgehead atoms. The van der Waals surface area contributed by atoms with Gasteiger partial charge in [-0.1, -0.05) is 25.0 Å². The molecule has 3 aromatic heterocycles. The SMILES string of the molecule is Nc1ncnc2c1c(-c1ccc3c(ccn3S(=O)(=O)c3c(F)cccc3F)c1)cn2C1CCCC1. The van der Waals surface area contributed by atoms with Crippen molar-refractivity contribution in [3.05, 3.63) is 72.8 Å². The first-order valence-corrected chi connectivity index (χ1v) is 12.7. The predicted octanol–water partition coefficient (Wildman–Crippen LogP) is 5.27. The second kappa shape index (κ2) is 7.88. The van der Waals surface area contributed by atoms with Crippen LogP contribution >= 0.6 is 0 Å². The van der Waals surface area contributed by atoms with E-state index in [0.29, 0.717) is 22.8 Å². The largest absolute Gasteiger partial charge is 0.383 e. The fourth-order valence-corrected chi connectivity index (χ4v) is 6.58. The number of benzene rings is 2. The van der Waals surface area contributed by atoms with Gasteiger partial charge in [-0.2, -0.15) is 0 Å². The molecule has 0 unspecified atom stereocenters. The molecule has 2 aromatic carbocycles. The fraction of sp³-hybridized carbons (Fsp3) is 0.200. The molecular weight excluding hydrogens is 472 g/mol. The summed E-state index contributed by atoms with van der Waals surface area (Å²) >= 11 is 0. The number of rotatable bonds is 4. The Kier molecular flexibility index (Phi) is 4.89. The Bertz CT molecular complexity index is 1700. The standard InChI is InChI=1S/C25H21F2N5O2S/c26-19-6-3-7-20(27)23(19)35(33,34)32-11-10-16-12-15(8-9-21(16)32)18-13-31(17-4-1-2-5-17)25-22(18)24(28)29-14-30-25/h3,6-14,17H,1-2,4-5H2,(H2,28,29,30). The second-order valence-electron chi connectivity index (χ2n) is 8.79. The molecule has 1 aliphatic carbocycles. The Morgan fingerprint density at radius 2 is 1.74 bits per heavy atom. The van der Waals surface area contributed by atoms with Gasteiger partial charge in [-0.15, -0.1) is 0 Å². The highest BCUT2D eigenvalue weighted by Crippen LogP contribution is 2.39. The molecule has 0 spiro atoms. The number of aromatic nitrogens is 4. The van der Waals surface area contributed by atoms with Crippen molar-refractivity contribution in [3.63, 3.8) is 0 Å². The lowest BCUT2D eigenvalue weighted by molar-refractivity contribution is 0.516. The summed E-state index contributed by atoms with van der Waals surface area (Å²) in [5.41, 5.74) is 9.00. The van der Waals surface area contributed by atoms with Gasteiger partial charge in [0.1, 0.15) is 29.4 Å².